The van der Waals surface area contributed by atoms with Crippen LogP contribution >= 0.6 is 0 Å². The van der Waals surface area contributed by atoms with Gasteiger partial charge in [-0.1, -0.05) is 12.1 Å². The highest BCUT2D eigenvalue weighted by atomic mass is 19.4. The lowest BCUT2D eigenvalue weighted by Gasteiger charge is -2.34. The molecular formula is C23H24F4N6O. The molecule has 1 aliphatic heterocycles. The summed E-state index contributed by atoms with van der Waals surface area (Å²) in [5, 5.41) is 16.9. The van der Waals surface area contributed by atoms with Gasteiger partial charge in [-0.15, -0.1) is 5.10 Å². The fourth-order valence-corrected chi connectivity index (χ4v) is 4.22. The van der Waals surface area contributed by atoms with Crippen LogP contribution in [0.4, 0.5) is 17.6 Å². The summed E-state index contributed by atoms with van der Waals surface area (Å²) in [7, 11) is 0. The molecule has 0 bridgehead atoms. The molecule has 1 saturated heterocycles. The zero-order valence-corrected chi connectivity index (χ0v) is 18.2. The normalized spacial score (nSPS) is 20.9. The first-order valence-corrected chi connectivity index (χ1v) is 11.3. The van der Waals surface area contributed by atoms with E-state index in [1.807, 2.05) is 0 Å². The minimum absolute atomic E-state index is 0.0123. The average molecular weight is 476 g/mol. The lowest BCUT2D eigenvalue weighted by Crippen LogP contribution is -2.45. The SMILES string of the molecule is Fc1ccc(C2NCCCC2NCc2cc(-n3nnnc3C(F)(F)F)ccc2OC2CC2)cc1. The van der Waals surface area contributed by atoms with Gasteiger partial charge < -0.3 is 15.4 Å². The minimum atomic E-state index is -4.68. The maximum Gasteiger partial charge on any atom is 0.453 e. The zero-order chi connectivity index (χ0) is 23.7. The molecule has 2 N–H and O–H groups in total. The van der Waals surface area contributed by atoms with Crippen molar-refractivity contribution in [1.29, 1.82) is 0 Å². The highest BCUT2D eigenvalue weighted by Crippen LogP contribution is 2.33. The van der Waals surface area contributed by atoms with Crippen molar-refractivity contribution in [3.8, 4) is 11.4 Å². The quantitative estimate of drug-likeness (QED) is 0.503. The molecule has 1 saturated carbocycles. The van der Waals surface area contributed by atoms with E-state index in [4.69, 9.17) is 4.74 Å². The van der Waals surface area contributed by atoms with Gasteiger partial charge in [0.05, 0.1) is 11.8 Å². The molecule has 7 nitrogen and oxygen atoms in total. The van der Waals surface area contributed by atoms with E-state index in [1.165, 1.54) is 18.2 Å². The van der Waals surface area contributed by atoms with Gasteiger partial charge in [-0.2, -0.15) is 17.9 Å². The number of ether oxygens (including phenoxy) is 1. The Bertz CT molecular complexity index is 1130. The van der Waals surface area contributed by atoms with Crippen molar-refractivity contribution >= 4 is 0 Å². The molecule has 34 heavy (non-hydrogen) atoms. The van der Waals surface area contributed by atoms with Gasteiger partial charge in [-0.25, -0.2) is 4.39 Å². The van der Waals surface area contributed by atoms with Crippen LogP contribution in [0.3, 0.4) is 0 Å². The molecule has 2 aromatic carbocycles. The van der Waals surface area contributed by atoms with Crippen LogP contribution < -0.4 is 15.4 Å². The number of benzene rings is 2. The third-order valence-electron chi connectivity index (χ3n) is 6.07. The first-order valence-electron chi connectivity index (χ1n) is 11.3. The van der Waals surface area contributed by atoms with Crippen molar-refractivity contribution in [3.05, 3.63) is 65.2 Å². The molecular weight excluding hydrogens is 452 g/mol. The minimum Gasteiger partial charge on any atom is -0.490 e. The zero-order valence-electron chi connectivity index (χ0n) is 18.2. The van der Waals surface area contributed by atoms with Gasteiger partial charge in [0.25, 0.3) is 5.82 Å². The topological polar surface area (TPSA) is 76.9 Å². The van der Waals surface area contributed by atoms with E-state index in [9.17, 15) is 17.6 Å². The van der Waals surface area contributed by atoms with Crippen molar-refractivity contribution < 1.29 is 22.3 Å². The predicted molar refractivity (Wildman–Crippen MR) is 115 cm³/mol. The van der Waals surface area contributed by atoms with Crippen molar-refractivity contribution in [2.75, 3.05) is 6.54 Å². The Morgan fingerprint density at radius 2 is 1.88 bits per heavy atom. The number of nitrogens with one attached hydrogen (secondary N) is 2. The number of hydrogen-bond acceptors (Lipinski definition) is 6. The largest absolute Gasteiger partial charge is 0.490 e. The van der Waals surface area contributed by atoms with Crippen molar-refractivity contribution in [2.24, 2.45) is 0 Å². The summed E-state index contributed by atoms with van der Waals surface area (Å²) in [6.45, 7) is 1.23. The Kier molecular flexibility index (Phi) is 6.22. The summed E-state index contributed by atoms with van der Waals surface area (Å²) in [5.41, 5.74) is 1.90. The Morgan fingerprint density at radius 3 is 2.62 bits per heavy atom. The fourth-order valence-electron chi connectivity index (χ4n) is 4.22. The Morgan fingerprint density at radius 1 is 1.09 bits per heavy atom. The van der Waals surface area contributed by atoms with Gasteiger partial charge in [0, 0.05) is 24.2 Å². The van der Waals surface area contributed by atoms with Crippen LogP contribution in [0.25, 0.3) is 5.69 Å². The van der Waals surface area contributed by atoms with Gasteiger partial charge in [0.2, 0.25) is 0 Å². The number of alkyl halides is 3. The predicted octanol–water partition coefficient (Wildman–Crippen LogP) is 3.94. The summed E-state index contributed by atoms with van der Waals surface area (Å²) in [5.74, 6) is -0.846. The van der Waals surface area contributed by atoms with Crippen LogP contribution in [0.2, 0.25) is 0 Å². The second kappa shape index (κ2) is 9.30. The number of halogens is 4. The van der Waals surface area contributed by atoms with Gasteiger partial charge in [0.15, 0.2) is 0 Å². The summed E-state index contributed by atoms with van der Waals surface area (Å²) in [6, 6.07) is 11.3. The molecule has 0 amide bonds. The fraction of sp³-hybridized carbons (Fsp3) is 0.435. The van der Waals surface area contributed by atoms with E-state index >= 15 is 0 Å². The number of tetrazole rings is 1. The van der Waals surface area contributed by atoms with E-state index < -0.39 is 12.0 Å². The molecule has 11 heteroatoms. The number of rotatable bonds is 7. The van der Waals surface area contributed by atoms with E-state index in [0.29, 0.717) is 17.0 Å². The number of hydrogen-bond donors (Lipinski definition) is 2. The molecule has 0 spiro atoms. The van der Waals surface area contributed by atoms with Crippen LogP contribution in [0, 0.1) is 5.82 Å². The number of aromatic nitrogens is 4. The summed E-state index contributed by atoms with van der Waals surface area (Å²) >= 11 is 0. The molecule has 1 aromatic heterocycles. The van der Waals surface area contributed by atoms with Crippen molar-refractivity contribution in [3.63, 3.8) is 0 Å². The molecule has 2 heterocycles. The first-order chi connectivity index (χ1) is 16.4. The first kappa shape index (κ1) is 22.7. The number of nitrogens with zero attached hydrogens (tertiary/aromatic N) is 4. The summed E-state index contributed by atoms with van der Waals surface area (Å²) in [4.78, 5) is 0. The second-order valence-electron chi connectivity index (χ2n) is 8.63. The molecule has 0 radical (unpaired) electrons. The molecule has 1 aliphatic carbocycles. The van der Waals surface area contributed by atoms with E-state index in [-0.39, 0.29) is 29.7 Å². The molecule has 180 valence electrons. The summed E-state index contributed by atoms with van der Waals surface area (Å²) < 4.78 is 60.0. The molecule has 2 fully saturated rings. The van der Waals surface area contributed by atoms with Crippen molar-refractivity contribution in [2.45, 2.75) is 56.6 Å². The van der Waals surface area contributed by atoms with Crippen LogP contribution in [0.15, 0.2) is 42.5 Å². The van der Waals surface area contributed by atoms with E-state index in [1.54, 1.807) is 24.3 Å². The Hall–Kier alpha value is -3.05. The highest BCUT2D eigenvalue weighted by Gasteiger charge is 2.38. The maximum absolute atomic E-state index is 13.4. The van der Waals surface area contributed by atoms with Crippen molar-refractivity contribution in [1.82, 2.24) is 30.8 Å². The van der Waals surface area contributed by atoms with Gasteiger partial charge >= 0.3 is 6.18 Å². The van der Waals surface area contributed by atoms with Gasteiger partial charge in [0.1, 0.15) is 11.6 Å². The van der Waals surface area contributed by atoms with E-state index in [2.05, 4.69) is 26.2 Å². The standard InChI is InChI=1S/C23H24F4N6O/c24-16-5-3-14(4-6-16)21-19(2-1-11-28-21)29-13-15-12-17(7-10-20(15)34-18-8-9-18)33-22(23(25,26)27)30-31-32-33/h3-7,10,12,18-19,21,28-29H,1-2,8-9,11,13H2. The molecule has 5 rings (SSSR count). The smallest absolute Gasteiger partial charge is 0.453 e. The molecule has 3 aromatic rings. The van der Waals surface area contributed by atoms with Crippen LogP contribution in [0.5, 0.6) is 5.75 Å². The molecule has 2 aliphatic rings. The van der Waals surface area contributed by atoms with Gasteiger partial charge in [-0.05, 0) is 78.6 Å². The third-order valence-corrected chi connectivity index (χ3v) is 6.07. The summed E-state index contributed by atoms with van der Waals surface area (Å²) in [6.07, 6.45) is -0.759. The van der Waals surface area contributed by atoms with Gasteiger partial charge in [-0.3, -0.25) is 0 Å². The Labute approximate surface area is 193 Å². The lowest BCUT2D eigenvalue weighted by atomic mass is 9.92. The average Bonchev–Trinajstić information content (AvgIpc) is 3.49. The number of piperidine rings is 1. The van der Waals surface area contributed by atoms with Crippen LogP contribution in [-0.4, -0.2) is 38.9 Å². The molecule has 2 atom stereocenters. The highest BCUT2D eigenvalue weighted by molar-refractivity contribution is 5.44. The third kappa shape index (κ3) is 5.05. The molecule has 2 unspecified atom stereocenters. The lowest BCUT2D eigenvalue weighted by molar-refractivity contribution is -0.146. The second-order valence-corrected chi connectivity index (χ2v) is 8.63. The Balaban J connectivity index is 1.39. The van der Waals surface area contributed by atoms with Crippen LogP contribution in [-0.2, 0) is 12.7 Å². The monoisotopic (exact) mass is 476 g/mol. The maximum atomic E-state index is 13.4. The van der Waals surface area contributed by atoms with Crippen LogP contribution in [0.1, 0.15) is 48.7 Å². The van der Waals surface area contributed by atoms with E-state index in [0.717, 1.165) is 43.4 Å².